The number of nitrogens with two attached hydrogens (primary N) is 1. The quantitative estimate of drug-likeness (QED) is 0.702. The summed E-state index contributed by atoms with van der Waals surface area (Å²) in [5, 5.41) is 6.29. The van der Waals surface area contributed by atoms with Gasteiger partial charge in [-0.25, -0.2) is 13.1 Å². The number of nitrogen functional groups attached to an aromatic ring is 1. The number of hydrogen-bond acceptors (Lipinski definition) is 4. The van der Waals surface area contributed by atoms with E-state index >= 15 is 0 Å². The Hall–Kier alpha value is -0.900. The fraction of sp³-hybridized carbons (Fsp3) is 0.182. The van der Waals surface area contributed by atoms with E-state index in [0.717, 1.165) is 10.0 Å². The van der Waals surface area contributed by atoms with Crippen LogP contribution in [-0.4, -0.2) is 18.6 Å². The first-order valence-corrected chi connectivity index (χ1v) is 8.61. The van der Waals surface area contributed by atoms with Gasteiger partial charge in [-0.15, -0.1) is 0 Å². The molecule has 1 aromatic carbocycles. The fourth-order valence-corrected chi connectivity index (χ4v) is 4.23. The van der Waals surface area contributed by atoms with E-state index in [1.165, 1.54) is 6.20 Å². The first-order chi connectivity index (χ1) is 9.31. The number of sulfonamides is 1. The Bertz CT molecular complexity index is 743. The minimum Gasteiger partial charge on any atom is -0.384 e. The Kier molecular flexibility index (Phi) is 4.52. The molecule has 0 atom stereocenters. The number of aromatic amines is 1. The maximum atomic E-state index is 12.3. The number of aromatic nitrogens is 2. The third-order valence-corrected chi connectivity index (χ3v) is 5.92. The minimum atomic E-state index is -3.65. The van der Waals surface area contributed by atoms with Gasteiger partial charge in [-0.2, -0.15) is 5.10 Å². The SMILES string of the molecule is Cc1cc(Br)c(S(=O)(=O)NCc2cn[nH]c2N)cc1Br. The van der Waals surface area contributed by atoms with Crippen LogP contribution in [0.3, 0.4) is 0 Å². The topological polar surface area (TPSA) is 101 Å². The Morgan fingerprint density at radius 3 is 2.65 bits per heavy atom. The molecule has 1 heterocycles. The first-order valence-electron chi connectivity index (χ1n) is 5.54. The monoisotopic (exact) mass is 422 g/mol. The van der Waals surface area contributed by atoms with Crippen LogP contribution >= 0.6 is 31.9 Å². The van der Waals surface area contributed by atoms with E-state index in [9.17, 15) is 8.42 Å². The van der Waals surface area contributed by atoms with Crippen LogP contribution in [0.2, 0.25) is 0 Å². The van der Waals surface area contributed by atoms with Crippen LogP contribution in [0.25, 0.3) is 0 Å². The van der Waals surface area contributed by atoms with Gasteiger partial charge in [-0.3, -0.25) is 5.10 Å². The smallest absolute Gasteiger partial charge is 0.242 e. The van der Waals surface area contributed by atoms with E-state index in [-0.39, 0.29) is 11.4 Å². The summed E-state index contributed by atoms with van der Waals surface area (Å²) in [6.45, 7) is 1.95. The number of aryl methyl sites for hydroxylation is 1. The van der Waals surface area contributed by atoms with Gasteiger partial charge in [0.15, 0.2) is 0 Å². The number of rotatable bonds is 4. The predicted molar refractivity (Wildman–Crippen MR) is 83.6 cm³/mol. The summed E-state index contributed by atoms with van der Waals surface area (Å²) in [7, 11) is -3.65. The third kappa shape index (κ3) is 3.22. The first kappa shape index (κ1) is 15.5. The summed E-state index contributed by atoms with van der Waals surface area (Å²) >= 11 is 6.59. The van der Waals surface area contributed by atoms with Crippen LogP contribution in [-0.2, 0) is 16.6 Å². The van der Waals surface area contributed by atoms with Gasteiger partial charge in [0.1, 0.15) is 5.82 Å². The predicted octanol–water partition coefficient (Wildman–Crippen LogP) is 2.30. The van der Waals surface area contributed by atoms with E-state index in [1.54, 1.807) is 12.1 Å². The molecule has 4 N–H and O–H groups in total. The Balaban J connectivity index is 2.27. The highest BCUT2D eigenvalue weighted by Crippen LogP contribution is 2.28. The molecule has 6 nitrogen and oxygen atoms in total. The lowest BCUT2D eigenvalue weighted by Gasteiger charge is -2.10. The molecule has 0 saturated heterocycles. The lowest BCUT2D eigenvalue weighted by atomic mass is 10.2. The molecule has 0 bridgehead atoms. The van der Waals surface area contributed by atoms with Crippen LogP contribution in [0.1, 0.15) is 11.1 Å². The van der Waals surface area contributed by atoms with Crippen molar-refractivity contribution in [3.63, 3.8) is 0 Å². The van der Waals surface area contributed by atoms with E-state index < -0.39 is 10.0 Å². The van der Waals surface area contributed by atoms with Crippen LogP contribution in [0.5, 0.6) is 0 Å². The zero-order chi connectivity index (χ0) is 14.9. The van der Waals surface area contributed by atoms with Crippen molar-refractivity contribution in [3.05, 3.63) is 38.4 Å². The zero-order valence-corrected chi connectivity index (χ0v) is 14.4. The normalized spacial score (nSPS) is 11.8. The van der Waals surface area contributed by atoms with Crippen molar-refractivity contribution in [2.45, 2.75) is 18.4 Å². The molecule has 20 heavy (non-hydrogen) atoms. The number of nitrogens with zero attached hydrogens (tertiary/aromatic N) is 1. The van der Waals surface area contributed by atoms with E-state index in [0.29, 0.717) is 15.9 Å². The van der Waals surface area contributed by atoms with Crippen LogP contribution < -0.4 is 10.5 Å². The number of H-pyrrole nitrogens is 1. The number of anilines is 1. The molecule has 0 spiro atoms. The maximum Gasteiger partial charge on any atom is 0.242 e. The van der Waals surface area contributed by atoms with Crippen molar-refractivity contribution < 1.29 is 8.42 Å². The molecule has 0 saturated carbocycles. The minimum absolute atomic E-state index is 0.0720. The van der Waals surface area contributed by atoms with Gasteiger partial charge in [0.05, 0.1) is 11.1 Å². The molecule has 1 aromatic heterocycles. The molecule has 108 valence electrons. The number of hydrogen-bond donors (Lipinski definition) is 3. The Labute approximate surface area is 133 Å². The van der Waals surface area contributed by atoms with Crippen molar-refractivity contribution in [2.75, 3.05) is 5.73 Å². The van der Waals surface area contributed by atoms with E-state index in [1.807, 2.05) is 6.92 Å². The second-order valence-electron chi connectivity index (χ2n) is 4.17. The summed E-state index contributed by atoms with van der Waals surface area (Å²) in [4.78, 5) is 0.164. The van der Waals surface area contributed by atoms with Gasteiger partial charge in [-0.1, -0.05) is 15.9 Å². The largest absolute Gasteiger partial charge is 0.384 e. The van der Waals surface area contributed by atoms with Crippen molar-refractivity contribution in [2.24, 2.45) is 0 Å². The van der Waals surface area contributed by atoms with Gasteiger partial charge >= 0.3 is 0 Å². The summed E-state index contributed by atoms with van der Waals surface area (Å²) in [5.41, 5.74) is 7.15. The van der Waals surface area contributed by atoms with Crippen LogP contribution in [0.4, 0.5) is 5.82 Å². The molecular weight excluding hydrogens is 412 g/mol. The van der Waals surface area contributed by atoms with Crippen molar-refractivity contribution in [1.82, 2.24) is 14.9 Å². The molecule has 0 unspecified atom stereocenters. The maximum absolute atomic E-state index is 12.3. The molecular formula is C11H12Br2N4O2S. The Morgan fingerprint density at radius 1 is 1.35 bits per heavy atom. The summed E-state index contributed by atoms with van der Waals surface area (Å²) in [6, 6.07) is 3.30. The van der Waals surface area contributed by atoms with Crippen LogP contribution in [0.15, 0.2) is 32.2 Å². The summed E-state index contributed by atoms with van der Waals surface area (Å²) < 4.78 is 28.3. The molecule has 0 radical (unpaired) electrons. The summed E-state index contributed by atoms with van der Waals surface area (Å²) in [6.07, 6.45) is 1.48. The van der Waals surface area contributed by atoms with Gasteiger partial charge in [0.25, 0.3) is 0 Å². The number of benzene rings is 1. The van der Waals surface area contributed by atoms with Gasteiger partial charge in [-0.05, 0) is 40.5 Å². The summed E-state index contributed by atoms with van der Waals surface area (Å²) in [5.74, 6) is 0.344. The highest BCUT2D eigenvalue weighted by molar-refractivity contribution is 9.11. The highest BCUT2D eigenvalue weighted by atomic mass is 79.9. The number of halogens is 2. The Morgan fingerprint density at radius 2 is 2.05 bits per heavy atom. The van der Waals surface area contributed by atoms with E-state index in [2.05, 4.69) is 46.8 Å². The number of nitrogens with one attached hydrogen (secondary N) is 2. The van der Waals surface area contributed by atoms with Gasteiger partial charge < -0.3 is 5.73 Å². The molecule has 0 amide bonds. The molecule has 0 aliphatic carbocycles. The van der Waals surface area contributed by atoms with Crippen molar-refractivity contribution in [3.8, 4) is 0 Å². The average Bonchev–Trinajstić information content (AvgIpc) is 2.77. The van der Waals surface area contributed by atoms with Crippen molar-refractivity contribution in [1.29, 1.82) is 0 Å². The van der Waals surface area contributed by atoms with E-state index in [4.69, 9.17) is 5.73 Å². The standard InChI is InChI=1S/C11H12Br2N4O2S/c1-6-2-9(13)10(3-8(6)12)20(18,19)16-5-7-4-15-17-11(7)14/h2-4,16H,5H2,1H3,(H3,14,15,17). The zero-order valence-electron chi connectivity index (χ0n) is 10.4. The van der Waals surface area contributed by atoms with Crippen LogP contribution in [0, 0.1) is 6.92 Å². The molecule has 0 aliphatic rings. The molecule has 2 rings (SSSR count). The lowest BCUT2D eigenvalue weighted by molar-refractivity contribution is 0.581. The second kappa shape index (κ2) is 5.84. The average molecular weight is 424 g/mol. The molecule has 2 aromatic rings. The molecule has 0 fully saturated rings. The second-order valence-corrected chi connectivity index (χ2v) is 7.61. The fourth-order valence-electron chi connectivity index (χ4n) is 1.55. The lowest BCUT2D eigenvalue weighted by Crippen LogP contribution is -2.24. The molecule has 0 aliphatic heterocycles. The highest BCUT2D eigenvalue weighted by Gasteiger charge is 2.19. The van der Waals surface area contributed by atoms with Gasteiger partial charge in [0, 0.05) is 21.1 Å². The molecule has 9 heteroatoms. The van der Waals surface area contributed by atoms with Gasteiger partial charge in [0.2, 0.25) is 10.0 Å². The third-order valence-electron chi connectivity index (χ3n) is 2.71. The van der Waals surface area contributed by atoms with Crippen molar-refractivity contribution >= 4 is 47.7 Å².